The standard InChI is InChI=1S/C12H11NO/c1-3-12(14)9-6-10-4-7-11(13-2)8-5-10/h1,4-5,7-8,12-14H,2H3. The van der Waals surface area contributed by atoms with E-state index in [9.17, 15) is 0 Å². The van der Waals surface area contributed by atoms with E-state index in [0.717, 1.165) is 11.3 Å². The van der Waals surface area contributed by atoms with Crippen LogP contribution in [-0.2, 0) is 0 Å². The van der Waals surface area contributed by atoms with Crippen LogP contribution in [0.1, 0.15) is 5.56 Å². The zero-order valence-electron chi connectivity index (χ0n) is 7.91. The number of aliphatic hydroxyl groups is 1. The largest absolute Gasteiger partial charge is 0.388 e. The first-order valence-electron chi connectivity index (χ1n) is 4.20. The van der Waals surface area contributed by atoms with Gasteiger partial charge >= 0.3 is 0 Å². The van der Waals surface area contributed by atoms with Gasteiger partial charge < -0.3 is 10.4 Å². The molecule has 0 amide bonds. The molecule has 0 saturated carbocycles. The van der Waals surface area contributed by atoms with Crippen LogP contribution >= 0.6 is 0 Å². The van der Waals surface area contributed by atoms with Crippen molar-refractivity contribution >= 4 is 5.69 Å². The second kappa shape index (κ2) is 4.97. The van der Waals surface area contributed by atoms with E-state index in [2.05, 4.69) is 23.1 Å². The van der Waals surface area contributed by atoms with Crippen molar-refractivity contribution in [3.05, 3.63) is 29.8 Å². The third kappa shape index (κ3) is 2.86. The van der Waals surface area contributed by atoms with E-state index in [1.54, 1.807) is 0 Å². The molecule has 0 spiro atoms. The molecular weight excluding hydrogens is 174 g/mol. The quantitative estimate of drug-likeness (QED) is 0.641. The molecule has 1 atom stereocenters. The maximum absolute atomic E-state index is 9.00. The van der Waals surface area contributed by atoms with Crippen LogP contribution in [0, 0.1) is 24.2 Å². The van der Waals surface area contributed by atoms with Crippen molar-refractivity contribution in [2.45, 2.75) is 6.10 Å². The zero-order valence-corrected chi connectivity index (χ0v) is 7.91. The Kier molecular flexibility index (Phi) is 3.61. The van der Waals surface area contributed by atoms with Gasteiger partial charge in [0, 0.05) is 18.3 Å². The van der Waals surface area contributed by atoms with Gasteiger partial charge in [-0.15, -0.1) is 6.42 Å². The second-order valence-electron chi connectivity index (χ2n) is 2.67. The fraction of sp³-hybridized carbons (Fsp3) is 0.167. The van der Waals surface area contributed by atoms with Gasteiger partial charge in [-0.3, -0.25) is 0 Å². The Bertz CT molecular complexity index is 389. The lowest BCUT2D eigenvalue weighted by atomic mass is 10.2. The number of hydrogen-bond acceptors (Lipinski definition) is 2. The van der Waals surface area contributed by atoms with E-state index in [0.29, 0.717) is 0 Å². The molecule has 2 nitrogen and oxygen atoms in total. The highest BCUT2D eigenvalue weighted by Crippen LogP contribution is 2.07. The van der Waals surface area contributed by atoms with E-state index < -0.39 is 6.10 Å². The van der Waals surface area contributed by atoms with Crippen LogP contribution in [-0.4, -0.2) is 18.3 Å². The Labute approximate surface area is 84.0 Å². The molecule has 0 fully saturated rings. The van der Waals surface area contributed by atoms with Gasteiger partial charge in [0.2, 0.25) is 0 Å². The Balaban J connectivity index is 2.77. The molecule has 1 rings (SSSR count). The highest BCUT2D eigenvalue weighted by molar-refractivity contribution is 5.48. The number of rotatable bonds is 1. The first-order valence-corrected chi connectivity index (χ1v) is 4.20. The molecule has 0 radical (unpaired) electrons. The molecule has 70 valence electrons. The summed E-state index contributed by atoms with van der Waals surface area (Å²) in [5.74, 6) is 7.44. The minimum absolute atomic E-state index is 0.832. The third-order valence-corrected chi connectivity index (χ3v) is 1.68. The summed E-state index contributed by atoms with van der Waals surface area (Å²) in [5, 5.41) is 12.0. The lowest BCUT2D eigenvalue weighted by Gasteiger charge is -1.97. The zero-order chi connectivity index (χ0) is 10.4. The van der Waals surface area contributed by atoms with Gasteiger partial charge in [-0.1, -0.05) is 17.8 Å². The smallest absolute Gasteiger partial charge is 0.176 e. The summed E-state index contributed by atoms with van der Waals surface area (Å²) < 4.78 is 0. The summed E-state index contributed by atoms with van der Waals surface area (Å²) in [5.41, 5.74) is 1.85. The van der Waals surface area contributed by atoms with Crippen LogP contribution in [0.5, 0.6) is 0 Å². The Hall–Kier alpha value is -1.90. The molecule has 0 aromatic heterocycles. The Morgan fingerprint density at radius 3 is 2.50 bits per heavy atom. The summed E-state index contributed by atoms with van der Waals surface area (Å²) in [6.07, 6.45) is 3.98. The molecule has 1 unspecified atom stereocenters. The number of anilines is 1. The monoisotopic (exact) mass is 185 g/mol. The lowest BCUT2D eigenvalue weighted by molar-refractivity contribution is 0.290. The average molecular weight is 185 g/mol. The molecule has 2 N–H and O–H groups in total. The van der Waals surface area contributed by atoms with Gasteiger partial charge in [0.25, 0.3) is 0 Å². The highest BCUT2D eigenvalue weighted by Gasteiger charge is 1.90. The van der Waals surface area contributed by atoms with Gasteiger partial charge in [0.15, 0.2) is 6.10 Å². The molecule has 2 heteroatoms. The number of aliphatic hydroxyl groups excluding tert-OH is 1. The predicted octanol–water partition coefficient (Wildman–Crippen LogP) is 1.07. The maximum Gasteiger partial charge on any atom is 0.176 e. The molecule has 14 heavy (non-hydrogen) atoms. The second-order valence-corrected chi connectivity index (χ2v) is 2.67. The summed E-state index contributed by atoms with van der Waals surface area (Å²) in [6.45, 7) is 0. The normalized spacial score (nSPS) is 10.6. The van der Waals surface area contributed by atoms with E-state index in [1.807, 2.05) is 31.3 Å². The van der Waals surface area contributed by atoms with Crippen molar-refractivity contribution < 1.29 is 5.11 Å². The van der Waals surface area contributed by atoms with Crippen LogP contribution < -0.4 is 5.32 Å². The van der Waals surface area contributed by atoms with Gasteiger partial charge in [-0.25, -0.2) is 0 Å². The number of hydrogen-bond donors (Lipinski definition) is 2. The minimum atomic E-state index is -0.987. The van der Waals surface area contributed by atoms with Crippen molar-refractivity contribution in [1.29, 1.82) is 0 Å². The SMILES string of the molecule is C#CC(O)C#Cc1ccc(NC)cc1. The molecule has 0 saturated heterocycles. The van der Waals surface area contributed by atoms with Crippen LogP contribution in [0.15, 0.2) is 24.3 Å². The topological polar surface area (TPSA) is 32.3 Å². The van der Waals surface area contributed by atoms with Gasteiger partial charge in [0.1, 0.15) is 0 Å². The number of nitrogens with one attached hydrogen (secondary N) is 1. The van der Waals surface area contributed by atoms with Crippen LogP contribution in [0.4, 0.5) is 5.69 Å². The minimum Gasteiger partial charge on any atom is -0.388 e. The average Bonchev–Trinajstić information content (AvgIpc) is 2.26. The van der Waals surface area contributed by atoms with Gasteiger partial charge in [-0.2, -0.15) is 0 Å². The molecule has 0 bridgehead atoms. The first-order chi connectivity index (χ1) is 6.76. The van der Waals surface area contributed by atoms with E-state index in [-0.39, 0.29) is 0 Å². The van der Waals surface area contributed by atoms with Crippen LogP contribution in [0.25, 0.3) is 0 Å². The predicted molar refractivity (Wildman–Crippen MR) is 57.7 cm³/mol. The van der Waals surface area contributed by atoms with Gasteiger partial charge in [-0.05, 0) is 24.3 Å². The summed E-state index contributed by atoms with van der Waals surface area (Å²) in [6, 6.07) is 7.54. The van der Waals surface area contributed by atoms with Crippen molar-refractivity contribution in [2.24, 2.45) is 0 Å². The van der Waals surface area contributed by atoms with E-state index in [4.69, 9.17) is 11.5 Å². The number of benzene rings is 1. The molecule has 0 aliphatic carbocycles. The van der Waals surface area contributed by atoms with Crippen LogP contribution in [0.3, 0.4) is 0 Å². The summed E-state index contributed by atoms with van der Waals surface area (Å²) in [7, 11) is 1.85. The van der Waals surface area contributed by atoms with Crippen molar-refractivity contribution in [1.82, 2.24) is 0 Å². The molecule has 0 aliphatic rings. The summed E-state index contributed by atoms with van der Waals surface area (Å²) >= 11 is 0. The molecule has 1 aromatic rings. The highest BCUT2D eigenvalue weighted by atomic mass is 16.3. The molecule has 0 heterocycles. The Morgan fingerprint density at radius 1 is 1.36 bits per heavy atom. The molecule has 0 aliphatic heterocycles. The molecule has 1 aromatic carbocycles. The van der Waals surface area contributed by atoms with E-state index in [1.165, 1.54) is 0 Å². The maximum atomic E-state index is 9.00. The fourth-order valence-corrected chi connectivity index (χ4v) is 0.914. The summed E-state index contributed by atoms with van der Waals surface area (Å²) in [4.78, 5) is 0. The Morgan fingerprint density at radius 2 is 2.00 bits per heavy atom. The first kappa shape index (κ1) is 10.2. The number of terminal acetylenes is 1. The van der Waals surface area contributed by atoms with Crippen molar-refractivity contribution in [3.63, 3.8) is 0 Å². The van der Waals surface area contributed by atoms with Crippen LogP contribution in [0.2, 0.25) is 0 Å². The van der Waals surface area contributed by atoms with Crippen molar-refractivity contribution in [3.8, 4) is 24.2 Å². The van der Waals surface area contributed by atoms with E-state index >= 15 is 0 Å². The third-order valence-electron chi connectivity index (χ3n) is 1.68. The fourth-order valence-electron chi connectivity index (χ4n) is 0.914. The molecular formula is C12H11NO. The van der Waals surface area contributed by atoms with Gasteiger partial charge in [0.05, 0.1) is 0 Å². The van der Waals surface area contributed by atoms with Crippen molar-refractivity contribution in [2.75, 3.05) is 12.4 Å². The lowest BCUT2D eigenvalue weighted by Crippen LogP contribution is -1.96.